The zero-order valence-corrected chi connectivity index (χ0v) is 16.8. The Morgan fingerprint density at radius 1 is 0.897 bits per heavy atom. The predicted octanol–water partition coefficient (Wildman–Crippen LogP) is 4.36. The van der Waals surface area contributed by atoms with E-state index in [1.165, 1.54) is 31.2 Å². The molecule has 2 aliphatic heterocycles. The second-order valence-corrected chi connectivity index (χ2v) is 8.65. The smallest absolute Gasteiger partial charge is 0.254 e. The molecule has 0 bridgehead atoms. The van der Waals surface area contributed by atoms with E-state index in [0.717, 1.165) is 30.4 Å². The van der Waals surface area contributed by atoms with E-state index in [2.05, 4.69) is 17.4 Å². The molecule has 0 unspecified atom stereocenters. The Morgan fingerprint density at radius 2 is 1.59 bits per heavy atom. The average Bonchev–Trinajstić information content (AvgIpc) is 3.02. The van der Waals surface area contributed by atoms with Crippen LogP contribution in [-0.2, 0) is 11.2 Å². The number of hydrogen-bond acceptors (Lipinski definition) is 2. The summed E-state index contributed by atoms with van der Waals surface area (Å²) in [7, 11) is 0. The molecule has 1 N–H and O–H groups in total. The largest absolute Gasteiger partial charge is 0.353 e. The van der Waals surface area contributed by atoms with Crippen molar-refractivity contribution in [1.82, 2.24) is 10.2 Å². The highest BCUT2D eigenvalue weighted by Crippen LogP contribution is 2.46. The van der Waals surface area contributed by atoms with Gasteiger partial charge in [-0.2, -0.15) is 0 Å². The minimum absolute atomic E-state index is 0.0543. The Labute approximate surface area is 172 Å². The van der Waals surface area contributed by atoms with Crippen LogP contribution in [0.4, 0.5) is 0 Å². The molecule has 0 radical (unpaired) electrons. The first-order chi connectivity index (χ1) is 14.2. The number of carbonyl (C=O) groups is 2. The third-order valence-corrected chi connectivity index (χ3v) is 6.92. The summed E-state index contributed by atoms with van der Waals surface area (Å²) >= 11 is 0. The molecule has 1 aliphatic carbocycles. The number of carbonyl (C=O) groups excluding carboxylic acids is 2. The number of nitrogens with one attached hydrogen (secondary N) is 1. The summed E-state index contributed by atoms with van der Waals surface area (Å²) in [6.45, 7) is 0.669. The maximum absolute atomic E-state index is 13.7. The number of hydrogen-bond donors (Lipinski definition) is 1. The van der Waals surface area contributed by atoms with Crippen LogP contribution in [-0.4, -0.2) is 29.3 Å². The molecule has 0 saturated heterocycles. The van der Waals surface area contributed by atoms with Crippen LogP contribution in [0.5, 0.6) is 0 Å². The molecule has 1 fully saturated rings. The van der Waals surface area contributed by atoms with Gasteiger partial charge in [-0.3, -0.25) is 9.59 Å². The van der Waals surface area contributed by atoms with Gasteiger partial charge in [0.05, 0.1) is 12.0 Å². The fourth-order valence-corrected chi connectivity index (χ4v) is 5.47. The first kappa shape index (κ1) is 18.4. The van der Waals surface area contributed by atoms with E-state index in [1.807, 2.05) is 41.3 Å². The number of benzene rings is 2. The first-order valence-electron chi connectivity index (χ1n) is 11.0. The predicted molar refractivity (Wildman–Crippen MR) is 113 cm³/mol. The van der Waals surface area contributed by atoms with Crippen molar-refractivity contribution in [2.45, 2.75) is 62.9 Å². The van der Waals surface area contributed by atoms with E-state index in [1.54, 1.807) is 0 Å². The van der Waals surface area contributed by atoms with E-state index < -0.39 is 0 Å². The van der Waals surface area contributed by atoms with Crippen molar-refractivity contribution in [3.8, 4) is 0 Å². The molecule has 29 heavy (non-hydrogen) atoms. The van der Waals surface area contributed by atoms with Crippen molar-refractivity contribution < 1.29 is 9.59 Å². The summed E-state index contributed by atoms with van der Waals surface area (Å²) in [5.74, 6) is -0.226. The van der Waals surface area contributed by atoms with E-state index >= 15 is 0 Å². The van der Waals surface area contributed by atoms with Crippen LogP contribution in [0, 0.1) is 0 Å². The van der Waals surface area contributed by atoms with Crippen LogP contribution in [0.3, 0.4) is 0 Å². The van der Waals surface area contributed by atoms with Gasteiger partial charge in [0.2, 0.25) is 5.91 Å². The molecule has 0 spiro atoms. The lowest BCUT2D eigenvalue weighted by Gasteiger charge is -2.45. The van der Waals surface area contributed by atoms with Crippen LogP contribution in [0.1, 0.15) is 77.5 Å². The summed E-state index contributed by atoms with van der Waals surface area (Å²) in [6.07, 6.45) is 7.85. The molecule has 3 aliphatic rings. The number of fused-ring (bicyclic) bond motifs is 4. The van der Waals surface area contributed by atoms with Crippen molar-refractivity contribution in [3.05, 3.63) is 70.8 Å². The maximum atomic E-state index is 13.7. The van der Waals surface area contributed by atoms with E-state index in [9.17, 15) is 9.59 Å². The monoisotopic (exact) mass is 388 g/mol. The van der Waals surface area contributed by atoms with Crippen LogP contribution in [0.15, 0.2) is 48.5 Å². The highest BCUT2D eigenvalue weighted by molar-refractivity contribution is 6.01. The molecule has 5 rings (SSSR count). The number of rotatable bonds is 2. The lowest BCUT2D eigenvalue weighted by Crippen LogP contribution is -2.51. The van der Waals surface area contributed by atoms with Crippen molar-refractivity contribution in [2.24, 2.45) is 0 Å². The van der Waals surface area contributed by atoms with Crippen LogP contribution in [0.2, 0.25) is 0 Å². The molecule has 2 heterocycles. The minimum atomic E-state index is -0.353. The van der Waals surface area contributed by atoms with Gasteiger partial charge in [-0.25, -0.2) is 0 Å². The molecule has 2 aromatic carbocycles. The zero-order chi connectivity index (χ0) is 19.8. The van der Waals surface area contributed by atoms with Gasteiger partial charge < -0.3 is 10.2 Å². The van der Waals surface area contributed by atoms with Crippen LogP contribution < -0.4 is 5.32 Å². The van der Waals surface area contributed by atoms with Gasteiger partial charge >= 0.3 is 0 Å². The first-order valence-corrected chi connectivity index (χ1v) is 11.0. The molecule has 150 valence electrons. The fraction of sp³-hybridized carbons (Fsp3) is 0.440. The van der Waals surface area contributed by atoms with Gasteiger partial charge in [0.15, 0.2) is 0 Å². The summed E-state index contributed by atoms with van der Waals surface area (Å²) in [5.41, 5.74) is 3.95. The molecule has 0 aromatic heterocycles. The van der Waals surface area contributed by atoms with Crippen LogP contribution in [0.25, 0.3) is 0 Å². The fourth-order valence-electron chi connectivity index (χ4n) is 5.47. The number of amides is 2. The average molecular weight is 389 g/mol. The summed E-state index contributed by atoms with van der Waals surface area (Å²) in [6, 6.07) is 16.0. The third kappa shape index (κ3) is 3.25. The van der Waals surface area contributed by atoms with Crippen molar-refractivity contribution in [1.29, 1.82) is 0 Å². The zero-order valence-electron chi connectivity index (χ0n) is 16.8. The SMILES string of the molecule is O=C(NC1CCCCCC1)[C@H]1c2ccccc2C(=O)N2CCc3ccccc3[C@H]12. The summed E-state index contributed by atoms with van der Waals surface area (Å²) in [4.78, 5) is 28.9. The van der Waals surface area contributed by atoms with Gasteiger partial charge in [-0.05, 0) is 42.0 Å². The lowest BCUT2D eigenvalue weighted by molar-refractivity contribution is -0.125. The Bertz CT molecular complexity index is 930. The Morgan fingerprint density at radius 3 is 2.38 bits per heavy atom. The lowest BCUT2D eigenvalue weighted by atomic mass is 9.75. The topological polar surface area (TPSA) is 49.4 Å². The molecule has 2 atom stereocenters. The molecule has 2 amide bonds. The quantitative estimate of drug-likeness (QED) is 0.777. The Kier molecular flexibility index (Phi) is 4.86. The van der Waals surface area contributed by atoms with Gasteiger partial charge in [-0.15, -0.1) is 0 Å². The Balaban J connectivity index is 1.56. The normalized spacial score (nSPS) is 24.1. The molecular weight excluding hydrogens is 360 g/mol. The standard InChI is InChI=1S/C25H28N2O2/c28-24(26-18-10-3-1-2-4-11-18)22-20-13-7-8-14-21(20)25(29)27-16-15-17-9-5-6-12-19(17)23(22)27/h5-9,12-14,18,22-23H,1-4,10-11,15-16H2,(H,26,28)/t22-,23+/m0/s1. The van der Waals surface area contributed by atoms with E-state index in [0.29, 0.717) is 12.1 Å². The summed E-state index contributed by atoms with van der Waals surface area (Å²) in [5, 5.41) is 3.37. The Hall–Kier alpha value is -2.62. The molecule has 2 aromatic rings. The van der Waals surface area contributed by atoms with Gasteiger partial charge in [0.25, 0.3) is 5.91 Å². The van der Waals surface area contributed by atoms with Crippen molar-refractivity contribution in [3.63, 3.8) is 0 Å². The minimum Gasteiger partial charge on any atom is -0.353 e. The molecule has 1 saturated carbocycles. The van der Waals surface area contributed by atoms with Crippen molar-refractivity contribution in [2.75, 3.05) is 6.54 Å². The third-order valence-electron chi connectivity index (χ3n) is 6.92. The van der Waals surface area contributed by atoms with Gasteiger partial charge in [-0.1, -0.05) is 68.1 Å². The second kappa shape index (κ2) is 7.66. The molecular formula is C25H28N2O2. The second-order valence-electron chi connectivity index (χ2n) is 8.65. The van der Waals surface area contributed by atoms with Gasteiger partial charge in [0, 0.05) is 18.2 Å². The highest BCUT2D eigenvalue weighted by atomic mass is 16.2. The highest BCUT2D eigenvalue weighted by Gasteiger charge is 2.46. The van der Waals surface area contributed by atoms with Crippen LogP contribution >= 0.6 is 0 Å². The van der Waals surface area contributed by atoms with Crippen molar-refractivity contribution >= 4 is 11.8 Å². The van der Waals surface area contributed by atoms with E-state index in [4.69, 9.17) is 0 Å². The van der Waals surface area contributed by atoms with Gasteiger partial charge in [0.1, 0.15) is 0 Å². The molecule has 4 heteroatoms. The molecule has 4 nitrogen and oxygen atoms in total. The number of nitrogens with zero attached hydrogens (tertiary/aromatic N) is 1. The van der Waals surface area contributed by atoms with E-state index in [-0.39, 0.29) is 29.8 Å². The maximum Gasteiger partial charge on any atom is 0.254 e. The summed E-state index contributed by atoms with van der Waals surface area (Å²) < 4.78 is 0.